The molecule has 28 heavy (non-hydrogen) atoms. The van der Waals surface area contributed by atoms with Gasteiger partial charge in [-0.25, -0.2) is 0 Å². The van der Waals surface area contributed by atoms with Gasteiger partial charge in [0.15, 0.2) is 0 Å². The third-order valence-corrected chi connectivity index (χ3v) is 3.95. The molecule has 2 rings (SSSR count). The molecular formula is C22H25N3O3. The fourth-order valence-electron chi connectivity index (χ4n) is 2.35. The lowest BCUT2D eigenvalue weighted by molar-refractivity contribution is -0.119. The van der Waals surface area contributed by atoms with Gasteiger partial charge >= 0.3 is 0 Å². The lowest BCUT2D eigenvalue weighted by Gasteiger charge is -2.12. The zero-order valence-electron chi connectivity index (χ0n) is 16.5. The van der Waals surface area contributed by atoms with E-state index in [0.29, 0.717) is 17.1 Å². The van der Waals surface area contributed by atoms with Crippen LogP contribution in [0.3, 0.4) is 0 Å². The van der Waals surface area contributed by atoms with Crippen molar-refractivity contribution < 1.29 is 14.4 Å². The van der Waals surface area contributed by atoms with E-state index in [1.54, 1.807) is 30.3 Å². The van der Waals surface area contributed by atoms with E-state index in [0.717, 1.165) is 11.1 Å². The van der Waals surface area contributed by atoms with Crippen LogP contribution in [0.2, 0.25) is 0 Å². The normalized spacial score (nSPS) is 10.8. The summed E-state index contributed by atoms with van der Waals surface area (Å²) in [6.45, 7) is 6.97. The van der Waals surface area contributed by atoms with Gasteiger partial charge in [0.05, 0.1) is 0 Å². The Morgan fingerprint density at radius 1 is 0.893 bits per heavy atom. The first-order valence-electron chi connectivity index (χ1n) is 9.03. The average Bonchev–Trinajstić information content (AvgIpc) is 2.63. The minimum atomic E-state index is -0.277. The van der Waals surface area contributed by atoms with E-state index < -0.39 is 0 Å². The Morgan fingerprint density at radius 3 is 2.14 bits per heavy atom. The molecule has 0 aliphatic carbocycles. The summed E-state index contributed by atoms with van der Waals surface area (Å²) in [5, 5.41) is 8.34. The van der Waals surface area contributed by atoms with Gasteiger partial charge in [-0.1, -0.05) is 32.0 Å². The van der Waals surface area contributed by atoms with Crippen molar-refractivity contribution in [3.8, 4) is 0 Å². The van der Waals surface area contributed by atoms with Crippen LogP contribution in [0.15, 0.2) is 48.5 Å². The summed E-state index contributed by atoms with van der Waals surface area (Å²) in [6, 6.07) is 12.5. The molecule has 0 fully saturated rings. The molecule has 6 nitrogen and oxygen atoms in total. The first-order chi connectivity index (χ1) is 13.2. The maximum Gasteiger partial charge on any atom is 0.248 e. The number of hydrogen-bond acceptors (Lipinski definition) is 3. The topological polar surface area (TPSA) is 87.3 Å². The Morgan fingerprint density at radius 2 is 1.54 bits per heavy atom. The molecule has 0 saturated carbocycles. The summed E-state index contributed by atoms with van der Waals surface area (Å²) < 4.78 is 0. The molecule has 3 amide bonds. The highest BCUT2D eigenvalue weighted by molar-refractivity contribution is 6.03. The number of benzene rings is 2. The number of hydrogen-bond donors (Lipinski definition) is 3. The Kier molecular flexibility index (Phi) is 7.09. The van der Waals surface area contributed by atoms with Gasteiger partial charge in [0.25, 0.3) is 0 Å². The second-order valence-electron chi connectivity index (χ2n) is 6.80. The van der Waals surface area contributed by atoms with Gasteiger partial charge in [-0.3, -0.25) is 14.4 Å². The molecule has 0 spiro atoms. The van der Waals surface area contributed by atoms with Crippen LogP contribution in [-0.4, -0.2) is 17.7 Å². The van der Waals surface area contributed by atoms with Gasteiger partial charge in [-0.05, 0) is 48.4 Å². The number of carbonyl (C=O) groups is 3. The minimum Gasteiger partial charge on any atom is -0.326 e. The monoisotopic (exact) mass is 379 g/mol. The summed E-state index contributed by atoms with van der Waals surface area (Å²) in [7, 11) is 0. The van der Waals surface area contributed by atoms with Gasteiger partial charge in [0, 0.05) is 36.0 Å². The number of nitrogens with one attached hydrogen (secondary N) is 3. The fourth-order valence-corrected chi connectivity index (χ4v) is 2.35. The third-order valence-electron chi connectivity index (χ3n) is 3.95. The highest BCUT2D eigenvalue weighted by Gasteiger charge is 2.09. The number of aryl methyl sites for hydroxylation is 1. The molecule has 6 heteroatoms. The molecular weight excluding hydrogens is 354 g/mol. The van der Waals surface area contributed by atoms with Crippen LogP contribution in [-0.2, 0) is 14.4 Å². The van der Waals surface area contributed by atoms with Crippen molar-refractivity contribution in [2.45, 2.75) is 27.7 Å². The van der Waals surface area contributed by atoms with E-state index in [9.17, 15) is 14.4 Å². The molecule has 0 bridgehead atoms. The Bertz CT molecular complexity index is 900. The number of anilines is 3. The van der Waals surface area contributed by atoms with E-state index in [2.05, 4.69) is 16.0 Å². The predicted octanol–water partition coefficient (Wildman–Crippen LogP) is 4.20. The standard InChI is InChI=1S/C22H25N3O3/c1-14(2)22(28)24-19-9-5-15(3)20(13-19)25-21(27)12-8-17-6-10-18(11-7-17)23-16(4)26/h5-14H,1-4H3,(H,23,26)(H,24,28)(H,25,27)/b12-8+. The zero-order valence-corrected chi connectivity index (χ0v) is 16.5. The molecule has 0 unspecified atom stereocenters. The Balaban J connectivity index is 2.03. The van der Waals surface area contributed by atoms with Crippen LogP contribution in [0.1, 0.15) is 31.9 Å². The predicted molar refractivity (Wildman–Crippen MR) is 113 cm³/mol. The van der Waals surface area contributed by atoms with Crippen LogP contribution < -0.4 is 16.0 Å². The van der Waals surface area contributed by atoms with E-state index in [1.807, 2.05) is 39.0 Å². The van der Waals surface area contributed by atoms with Gasteiger partial charge in [0.2, 0.25) is 17.7 Å². The van der Waals surface area contributed by atoms with Crippen molar-refractivity contribution in [3.05, 3.63) is 59.7 Å². The first-order valence-corrected chi connectivity index (χ1v) is 9.03. The highest BCUT2D eigenvalue weighted by atomic mass is 16.2. The maximum absolute atomic E-state index is 12.2. The zero-order chi connectivity index (χ0) is 20.7. The Labute approximate surface area is 165 Å². The number of carbonyl (C=O) groups excluding carboxylic acids is 3. The fraction of sp³-hybridized carbons (Fsp3) is 0.227. The minimum absolute atomic E-state index is 0.0799. The molecule has 0 heterocycles. The summed E-state index contributed by atoms with van der Waals surface area (Å²) in [4.78, 5) is 35.1. The maximum atomic E-state index is 12.2. The summed E-state index contributed by atoms with van der Waals surface area (Å²) in [6.07, 6.45) is 3.12. The lowest BCUT2D eigenvalue weighted by Crippen LogP contribution is -2.18. The molecule has 146 valence electrons. The molecule has 0 aliphatic rings. The third kappa shape index (κ3) is 6.39. The lowest BCUT2D eigenvalue weighted by atomic mass is 10.1. The van der Waals surface area contributed by atoms with Crippen LogP contribution >= 0.6 is 0 Å². The van der Waals surface area contributed by atoms with Crippen LogP contribution in [0.25, 0.3) is 6.08 Å². The van der Waals surface area contributed by atoms with Gasteiger partial charge < -0.3 is 16.0 Å². The second-order valence-corrected chi connectivity index (χ2v) is 6.80. The quantitative estimate of drug-likeness (QED) is 0.657. The van der Waals surface area contributed by atoms with Crippen LogP contribution in [0, 0.1) is 12.8 Å². The molecule has 0 aliphatic heterocycles. The van der Waals surface area contributed by atoms with Crippen LogP contribution in [0.4, 0.5) is 17.1 Å². The molecule has 0 atom stereocenters. The van der Waals surface area contributed by atoms with E-state index in [4.69, 9.17) is 0 Å². The van der Waals surface area contributed by atoms with Gasteiger partial charge in [-0.15, -0.1) is 0 Å². The SMILES string of the molecule is CC(=O)Nc1ccc(/C=C/C(=O)Nc2cc(NC(=O)C(C)C)ccc2C)cc1. The Hall–Kier alpha value is -3.41. The highest BCUT2D eigenvalue weighted by Crippen LogP contribution is 2.21. The summed E-state index contributed by atoms with van der Waals surface area (Å²) in [5.41, 5.74) is 3.70. The molecule has 0 aromatic heterocycles. The average molecular weight is 379 g/mol. The molecule has 3 N–H and O–H groups in total. The van der Waals surface area contributed by atoms with E-state index >= 15 is 0 Å². The van der Waals surface area contributed by atoms with E-state index in [-0.39, 0.29) is 23.6 Å². The largest absolute Gasteiger partial charge is 0.326 e. The molecule has 0 radical (unpaired) electrons. The van der Waals surface area contributed by atoms with Crippen molar-refractivity contribution >= 4 is 40.9 Å². The van der Waals surface area contributed by atoms with Crippen molar-refractivity contribution in [1.82, 2.24) is 0 Å². The summed E-state index contributed by atoms with van der Waals surface area (Å²) >= 11 is 0. The second kappa shape index (κ2) is 9.50. The number of rotatable bonds is 6. The van der Waals surface area contributed by atoms with Crippen LogP contribution in [0.5, 0.6) is 0 Å². The number of amides is 3. The summed E-state index contributed by atoms with van der Waals surface area (Å²) in [5.74, 6) is -0.616. The molecule has 2 aromatic rings. The van der Waals surface area contributed by atoms with Crippen molar-refractivity contribution in [3.63, 3.8) is 0 Å². The van der Waals surface area contributed by atoms with Crippen molar-refractivity contribution in [1.29, 1.82) is 0 Å². The van der Waals surface area contributed by atoms with Crippen molar-refractivity contribution in [2.24, 2.45) is 5.92 Å². The van der Waals surface area contributed by atoms with E-state index in [1.165, 1.54) is 13.0 Å². The van der Waals surface area contributed by atoms with Crippen molar-refractivity contribution in [2.75, 3.05) is 16.0 Å². The molecule has 2 aromatic carbocycles. The first kappa shape index (κ1) is 20.9. The van der Waals surface area contributed by atoms with Gasteiger partial charge in [0.1, 0.15) is 0 Å². The smallest absolute Gasteiger partial charge is 0.248 e. The van der Waals surface area contributed by atoms with Gasteiger partial charge in [-0.2, -0.15) is 0 Å². The molecule has 0 saturated heterocycles.